The molecule has 0 saturated heterocycles. The zero-order chi connectivity index (χ0) is 37.0. The number of aromatic nitrogens is 3. The Balaban J connectivity index is 1.21. The zero-order valence-electron chi connectivity index (χ0n) is 30.4. The predicted molar refractivity (Wildman–Crippen MR) is 232 cm³/mol. The Morgan fingerprint density at radius 2 is 0.839 bits per heavy atom. The first-order chi connectivity index (χ1) is 27.8. The second kappa shape index (κ2) is 13.1. The van der Waals surface area contributed by atoms with E-state index in [1.54, 1.807) is 0 Å². The molecule has 1 N–H and O–H groups in total. The molecule has 6 nitrogen and oxygen atoms in total. The number of rotatable bonds is 7. The largest absolute Gasteiger partial charge is 0.347 e. The minimum absolute atomic E-state index is 0.332. The molecule has 6 heteroatoms. The number of anilines is 7. The summed E-state index contributed by atoms with van der Waals surface area (Å²) >= 11 is 0. The summed E-state index contributed by atoms with van der Waals surface area (Å²) < 4.78 is 4.85. The van der Waals surface area contributed by atoms with Crippen LogP contribution in [0.15, 0.2) is 206 Å². The molecule has 8 aromatic carbocycles. The summed E-state index contributed by atoms with van der Waals surface area (Å²) in [5, 5.41) is 6.35. The fourth-order valence-electron chi connectivity index (χ4n) is 8.44. The number of para-hydroxylation sites is 7. The number of nitrogens with one attached hydrogen (secondary N) is 1. The molecule has 0 radical (unpaired) electrons. The van der Waals surface area contributed by atoms with Crippen molar-refractivity contribution in [2.45, 2.75) is 6.29 Å². The van der Waals surface area contributed by atoms with Crippen LogP contribution in [0.3, 0.4) is 0 Å². The van der Waals surface area contributed by atoms with E-state index in [0.29, 0.717) is 0 Å². The number of nitrogens with zero attached hydrogens (tertiary/aromatic N) is 5. The van der Waals surface area contributed by atoms with E-state index in [-0.39, 0.29) is 6.29 Å². The fraction of sp³-hybridized carbons (Fsp3) is 0.0200. The average molecular weight is 721 g/mol. The minimum Gasteiger partial charge on any atom is -0.347 e. The topological polar surface area (TPSA) is 41.3 Å². The van der Waals surface area contributed by atoms with Crippen LogP contribution in [0.1, 0.15) is 6.29 Å². The van der Waals surface area contributed by atoms with Gasteiger partial charge in [0.2, 0.25) is 0 Å². The lowest BCUT2D eigenvalue weighted by molar-refractivity contribution is 0.520. The number of imidazole rings is 1. The second-order valence-corrected chi connectivity index (χ2v) is 14.1. The molecule has 2 aromatic heterocycles. The van der Waals surface area contributed by atoms with Gasteiger partial charge in [-0.1, -0.05) is 109 Å². The molecule has 0 fully saturated rings. The van der Waals surface area contributed by atoms with Crippen molar-refractivity contribution in [1.29, 1.82) is 0 Å². The van der Waals surface area contributed by atoms with Crippen molar-refractivity contribution >= 4 is 72.7 Å². The van der Waals surface area contributed by atoms with Crippen LogP contribution in [-0.4, -0.2) is 14.1 Å². The molecule has 1 unspecified atom stereocenters. The molecular formula is C50H36N6. The normalized spacial score (nSPS) is 13.3. The first-order valence-electron chi connectivity index (χ1n) is 19.0. The van der Waals surface area contributed by atoms with Gasteiger partial charge in [-0.3, -0.25) is 4.57 Å². The van der Waals surface area contributed by atoms with Gasteiger partial charge in [-0.15, -0.1) is 0 Å². The maximum Gasteiger partial charge on any atom is 0.188 e. The summed E-state index contributed by atoms with van der Waals surface area (Å²) in [6.45, 7) is 0. The lowest BCUT2D eigenvalue weighted by atomic mass is 10.1. The molecule has 1 atom stereocenters. The average Bonchev–Trinajstić information content (AvgIpc) is 3.81. The molecule has 56 heavy (non-hydrogen) atoms. The first-order valence-corrected chi connectivity index (χ1v) is 19.0. The second-order valence-electron chi connectivity index (χ2n) is 14.1. The highest BCUT2D eigenvalue weighted by Crippen LogP contribution is 2.45. The third kappa shape index (κ3) is 5.15. The van der Waals surface area contributed by atoms with E-state index >= 15 is 0 Å². The Hall–Kier alpha value is -7.57. The minimum atomic E-state index is -0.332. The van der Waals surface area contributed by atoms with Gasteiger partial charge in [0, 0.05) is 56.1 Å². The maximum absolute atomic E-state index is 5.26. The van der Waals surface area contributed by atoms with Gasteiger partial charge < -0.3 is 19.7 Å². The van der Waals surface area contributed by atoms with Crippen molar-refractivity contribution in [1.82, 2.24) is 14.1 Å². The summed E-state index contributed by atoms with van der Waals surface area (Å²) in [4.78, 5) is 9.93. The third-order valence-electron chi connectivity index (χ3n) is 10.9. The van der Waals surface area contributed by atoms with E-state index in [1.165, 1.54) is 10.8 Å². The summed E-state index contributed by atoms with van der Waals surface area (Å²) in [5.41, 5.74) is 12.9. The summed E-state index contributed by atoms with van der Waals surface area (Å²) in [6.07, 6.45) is -0.332. The Bertz CT molecular complexity index is 2790. The van der Waals surface area contributed by atoms with Crippen LogP contribution in [0.4, 0.5) is 39.8 Å². The smallest absolute Gasteiger partial charge is 0.188 e. The Morgan fingerprint density at radius 3 is 1.36 bits per heavy atom. The molecule has 1 aliphatic heterocycles. The molecular weight excluding hydrogens is 685 g/mol. The highest BCUT2D eigenvalue weighted by molar-refractivity contribution is 6.11. The van der Waals surface area contributed by atoms with Crippen LogP contribution in [0.25, 0.3) is 44.2 Å². The van der Waals surface area contributed by atoms with E-state index in [9.17, 15) is 0 Å². The molecule has 11 rings (SSSR count). The van der Waals surface area contributed by atoms with E-state index in [4.69, 9.17) is 4.98 Å². The molecule has 0 saturated carbocycles. The molecule has 3 heterocycles. The van der Waals surface area contributed by atoms with E-state index < -0.39 is 0 Å². The van der Waals surface area contributed by atoms with Crippen LogP contribution in [0.5, 0.6) is 0 Å². The predicted octanol–water partition coefficient (Wildman–Crippen LogP) is 13.2. The zero-order valence-corrected chi connectivity index (χ0v) is 30.4. The van der Waals surface area contributed by atoms with Crippen molar-refractivity contribution in [3.8, 4) is 11.4 Å². The highest BCUT2D eigenvalue weighted by Gasteiger charge is 2.31. The molecule has 1 aliphatic rings. The Kier molecular flexibility index (Phi) is 7.45. The monoisotopic (exact) mass is 720 g/mol. The van der Waals surface area contributed by atoms with Gasteiger partial charge in [0.05, 0.1) is 22.1 Å². The van der Waals surface area contributed by atoms with Gasteiger partial charge >= 0.3 is 0 Å². The van der Waals surface area contributed by atoms with Gasteiger partial charge in [0.1, 0.15) is 5.82 Å². The maximum atomic E-state index is 5.26. The Morgan fingerprint density at radius 1 is 0.393 bits per heavy atom. The van der Waals surface area contributed by atoms with Crippen LogP contribution in [0, 0.1) is 0 Å². The highest BCUT2D eigenvalue weighted by atomic mass is 15.4. The summed E-state index contributed by atoms with van der Waals surface area (Å²) in [6, 6.07) is 73.2. The molecule has 0 bridgehead atoms. The van der Waals surface area contributed by atoms with Crippen LogP contribution in [0.2, 0.25) is 0 Å². The van der Waals surface area contributed by atoms with Gasteiger partial charge in [-0.2, -0.15) is 0 Å². The van der Waals surface area contributed by atoms with Crippen molar-refractivity contribution in [3.05, 3.63) is 206 Å². The Labute approximate surface area is 324 Å². The van der Waals surface area contributed by atoms with Crippen molar-refractivity contribution < 1.29 is 0 Å². The number of hydrogen-bond acceptors (Lipinski definition) is 4. The molecule has 10 aromatic rings. The number of fused-ring (bicyclic) bond motifs is 8. The molecule has 0 aliphatic carbocycles. The van der Waals surface area contributed by atoms with E-state index in [1.807, 2.05) is 0 Å². The third-order valence-corrected chi connectivity index (χ3v) is 10.9. The number of benzene rings is 8. The van der Waals surface area contributed by atoms with Crippen molar-refractivity contribution in [2.24, 2.45) is 0 Å². The molecule has 0 amide bonds. The van der Waals surface area contributed by atoms with E-state index in [0.717, 1.165) is 73.3 Å². The van der Waals surface area contributed by atoms with Crippen LogP contribution in [-0.2, 0) is 0 Å². The van der Waals surface area contributed by atoms with Crippen molar-refractivity contribution in [2.75, 3.05) is 15.1 Å². The van der Waals surface area contributed by atoms with Gasteiger partial charge in [0.15, 0.2) is 6.29 Å². The lowest BCUT2D eigenvalue weighted by Gasteiger charge is -2.32. The van der Waals surface area contributed by atoms with Gasteiger partial charge in [0.25, 0.3) is 0 Å². The summed E-state index contributed by atoms with van der Waals surface area (Å²) in [7, 11) is 0. The van der Waals surface area contributed by atoms with Gasteiger partial charge in [-0.05, 0) is 97.1 Å². The number of hydrogen-bond donors (Lipinski definition) is 1. The van der Waals surface area contributed by atoms with Crippen LogP contribution >= 0.6 is 0 Å². The fourth-order valence-corrected chi connectivity index (χ4v) is 8.44. The molecule has 266 valence electrons. The van der Waals surface area contributed by atoms with E-state index in [2.05, 4.69) is 231 Å². The summed E-state index contributed by atoms with van der Waals surface area (Å²) in [5.74, 6) is 0.943. The SMILES string of the molecule is c1ccc(N(c2ccccc2)c2ccc3c4ccc(N(c5ccccc5)c5ccccc5)cc4n(C4Nc5ccccc5-c5nc6ccccc6n54)c3c2)cc1. The molecule has 0 spiro atoms. The lowest BCUT2D eigenvalue weighted by Crippen LogP contribution is -2.30. The first kappa shape index (κ1) is 31.9. The van der Waals surface area contributed by atoms with Crippen molar-refractivity contribution in [3.63, 3.8) is 0 Å². The standard InChI is InChI=1S/C50H36N6/c1-5-17-35(18-6-1)53(36-19-7-2-8-20-36)39-29-31-41-42-32-30-40(54(37-21-9-3-10-22-37)38-23-11-4-12-24-38)34-48(42)55(47(41)33-39)50-52-44-26-14-13-25-43(44)49-51-45-27-15-16-28-46(45)56(49)50/h1-34,50,52H. The van der Waals surface area contributed by atoms with Gasteiger partial charge in [-0.25, -0.2) is 4.98 Å². The quantitative estimate of drug-likeness (QED) is 0.178. The van der Waals surface area contributed by atoms with Crippen LogP contribution < -0.4 is 15.1 Å².